The van der Waals surface area contributed by atoms with E-state index in [4.69, 9.17) is 29.6 Å². The average molecular weight is 283 g/mol. The molecule has 1 aliphatic rings. The first kappa shape index (κ1) is 13.3. The highest BCUT2D eigenvalue weighted by molar-refractivity contribution is 7.80. The summed E-state index contributed by atoms with van der Waals surface area (Å²) in [5.41, 5.74) is 6.72. The van der Waals surface area contributed by atoms with E-state index in [1.807, 2.05) is 13.0 Å². The number of anilines is 1. The van der Waals surface area contributed by atoms with Gasteiger partial charge in [0.05, 0.1) is 10.4 Å². The number of halogens is 1. The minimum atomic E-state index is -0.663. The van der Waals surface area contributed by atoms with E-state index in [1.165, 1.54) is 0 Å². The second-order valence-corrected chi connectivity index (χ2v) is 5.59. The third-order valence-corrected chi connectivity index (χ3v) is 4.19. The van der Waals surface area contributed by atoms with E-state index in [0.717, 1.165) is 30.5 Å². The molecule has 1 fully saturated rings. The van der Waals surface area contributed by atoms with E-state index in [1.54, 1.807) is 12.1 Å². The number of carbonyl (C=O) groups excluding carboxylic acids is 1. The number of nitrogens with one attached hydrogen (secondary N) is 1. The fraction of sp³-hybridized carbons (Fsp3) is 0.385. The molecule has 0 atom stereocenters. The predicted molar refractivity (Wildman–Crippen MR) is 77.9 cm³/mol. The molecule has 3 nitrogen and oxygen atoms in total. The molecular formula is C13H15ClN2OS. The molecule has 0 radical (unpaired) electrons. The van der Waals surface area contributed by atoms with E-state index in [0.29, 0.717) is 5.02 Å². The SMILES string of the molecule is Cc1ccc(Cl)cc1NC(=O)C1(C(N)=S)CCC1. The Kier molecular flexibility index (Phi) is 3.59. The molecule has 3 N–H and O–H groups in total. The fourth-order valence-corrected chi connectivity index (χ4v) is 2.56. The van der Waals surface area contributed by atoms with Gasteiger partial charge in [-0.15, -0.1) is 0 Å². The number of nitrogens with two attached hydrogens (primary N) is 1. The topological polar surface area (TPSA) is 55.1 Å². The number of rotatable bonds is 3. The zero-order chi connectivity index (χ0) is 13.3. The lowest BCUT2D eigenvalue weighted by Gasteiger charge is -2.39. The van der Waals surface area contributed by atoms with Crippen LogP contribution in [-0.2, 0) is 4.79 Å². The molecule has 0 aliphatic heterocycles. The Bertz CT molecular complexity index is 512. The molecule has 18 heavy (non-hydrogen) atoms. The maximum atomic E-state index is 12.3. The van der Waals surface area contributed by atoms with Crippen LogP contribution in [0.15, 0.2) is 18.2 Å². The van der Waals surface area contributed by atoms with E-state index in [-0.39, 0.29) is 10.9 Å². The number of thiocarbonyl (C=S) groups is 1. The van der Waals surface area contributed by atoms with Crippen LogP contribution >= 0.6 is 23.8 Å². The minimum absolute atomic E-state index is 0.119. The van der Waals surface area contributed by atoms with Crippen molar-refractivity contribution in [2.24, 2.45) is 11.1 Å². The fourth-order valence-electron chi connectivity index (χ4n) is 2.09. The zero-order valence-corrected chi connectivity index (χ0v) is 11.7. The van der Waals surface area contributed by atoms with Crippen LogP contribution in [0.25, 0.3) is 0 Å². The summed E-state index contributed by atoms with van der Waals surface area (Å²) in [6.45, 7) is 1.92. The lowest BCUT2D eigenvalue weighted by Crippen LogP contribution is -2.50. The van der Waals surface area contributed by atoms with Gasteiger partial charge in [0, 0.05) is 10.7 Å². The van der Waals surface area contributed by atoms with Crippen molar-refractivity contribution >= 4 is 40.4 Å². The third kappa shape index (κ3) is 2.22. The first-order valence-electron chi connectivity index (χ1n) is 5.83. The van der Waals surface area contributed by atoms with Gasteiger partial charge in [-0.3, -0.25) is 4.79 Å². The zero-order valence-electron chi connectivity index (χ0n) is 10.1. The Morgan fingerprint density at radius 2 is 2.17 bits per heavy atom. The summed E-state index contributed by atoms with van der Waals surface area (Å²) in [5, 5.41) is 3.48. The van der Waals surface area contributed by atoms with E-state index in [2.05, 4.69) is 5.32 Å². The largest absolute Gasteiger partial charge is 0.392 e. The van der Waals surface area contributed by atoms with Gasteiger partial charge < -0.3 is 11.1 Å². The first-order valence-corrected chi connectivity index (χ1v) is 6.62. The second-order valence-electron chi connectivity index (χ2n) is 4.71. The molecule has 1 aliphatic carbocycles. The molecule has 0 saturated heterocycles. The van der Waals surface area contributed by atoms with Crippen molar-refractivity contribution in [3.05, 3.63) is 28.8 Å². The highest BCUT2D eigenvalue weighted by Crippen LogP contribution is 2.42. The van der Waals surface area contributed by atoms with Crippen LogP contribution in [0.3, 0.4) is 0 Å². The van der Waals surface area contributed by atoms with E-state index in [9.17, 15) is 4.79 Å². The van der Waals surface area contributed by atoms with Crippen molar-refractivity contribution in [2.45, 2.75) is 26.2 Å². The van der Waals surface area contributed by atoms with Crippen molar-refractivity contribution in [3.63, 3.8) is 0 Å². The van der Waals surface area contributed by atoms with Crippen molar-refractivity contribution in [1.29, 1.82) is 0 Å². The standard InChI is InChI=1S/C13H15ClN2OS/c1-8-3-4-9(14)7-10(8)16-12(17)13(11(15)18)5-2-6-13/h3-4,7H,2,5-6H2,1H3,(H2,15,18)(H,16,17). The molecule has 0 aromatic heterocycles. The van der Waals surface area contributed by atoms with Crippen molar-refractivity contribution in [2.75, 3.05) is 5.32 Å². The Balaban J connectivity index is 2.21. The van der Waals surface area contributed by atoms with Crippen LogP contribution in [0.1, 0.15) is 24.8 Å². The number of amides is 1. The molecule has 2 rings (SSSR count). The van der Waals surface area contributed by atoms with E-state index >= 15 is 0 Å². The maximum Gasteiger partial charge on any atom is 0.237 e. The number of hydrogen-bond donors (Lipinski definition) is 2. The molecule has 0 spiro atoms. The summed E-state index contributed by atoms with van der Waals surface area (Å²) in [5.74, 6) is -0.119. The molecule has 1 amide bonds. The van der Waals surface area contributed by atoms with Crippen LogP contribution < -0.4 is 11.1 Å². The summed E-state index contributed by atoms with van der Waals surface area (Å²) in [4.78, 5) is 12.6. The molecule has 0 bridgehead atoms. The van der Waals surface area contributed by atoms with Crippen molar-refractivity contribution < 1.29 is 4.79 Å². The number of hydrogen-bond acceptors (Lipinski definition) is 2. The van der Waals surface area contributed by atoms with Gasteiger partial charge in [0.15, 0.2) is 0 Å². The minimum Gasteiger partial charge on any atom is -0.392 e. The number of carbonyl (C=O) groups is 1. The normalized spacial score (nSPS) is 16.8. The van der Waals surface area contributed by atoms with Crippen LogP contribution in [0, 0.1) is 12.3 Å². The summed E-state index contributed by atoms with van der Waals surface area (Å²) in [7, 11) is 0. The molecule has 0 unspecified atom stereocenters. The van der Waals surface area contributed by atoms with Crippen molar-refractivity contribution in [3.8, 4) is 0 Å². The number of benzene rings is 1. The summed E-state index contributed by atoms with van der Waals surface area (Å²) >= 11 is 10.9. The Morgan fingerprint density at radius 3 is 2.67 bits per heavy atom. The van der Waals surface area contributed by atoms with Gasteiger partial charge in [-0.05, 0) is 37.5 Å². The highest BCUT2D eigenvalue weighted by atomic mass is 35.5. The second kappa shape index (κ2) is 4.86. The molecule has 1 aromatic carbocycles. The van der Waals surface area contributed by atoms with Gasteiger partial charge >= 0.3 is 0 Å². The maximum absolute atomic E-state index is 12.3. The van der Waals surface area contributed by atoms with Gasteiger partial charge in [0.1, 0.15) is 0 Å². The first-order chi connectivity index (χ1) is 8.45. The van der Waals surface area contributed by atoms with Gasteiger partial charge in [0.2, 0.25) is 5.91 Å². The molecule has 96 valence electrons. The third-order valence-electron chi connectivity index (χ3n) is 3.56. The lowest BCUT2D eigenvalue weighted by molar-refractivity contribution is -0.125. The summed E-state index contributed by atoms with van der Waals surface area (Å²) in [6, 6.07) is 5.39. The van der Waals surface area contributed by atoms with Crippen LogP contribution in [0.2, 0.25) is 5.02 Å². The van der Waals surface area contributed by atoms with Crippen LogP contribution in [0.4, 0.5) is 5.69 Å². The average Bonchev–Trinajstić information content (AvgIpc) is 2.21. The quantitative estimate of drug-likeness (QED) is 0.838. The van der Waals surface area contributed by atoms with Gasteiger partial charge in [-0.2, -0.15) is 0 Å². The molecule has 5 heteroatoms. The van der Waals surface area contributed by atoms with Gasteiger partial charge in [-0.25, -0.2) is 0 Å². The smallest absolute Gasteiger partial charge is 0.237 e. The summed E-state index contributed by atoms with van der Waals surface area (Å²) in [6.07, 6.45) is 2.45. The Labute approximate surface area is 117 Å². The molecular weight excluding hydrogens is 268 g/mol. The highest BCUT2D eigenvalue weighted by Gasteiger charge is 2.47. The number of aryl methyl sites for hydroxylation is 1. The van der Waals surface area contributed by atoms with Crippen LogP contribution in [0.5, 0.6) is 0 Å². The Hall–Kier alpha value is -1.13. The monoisotopic (exact) mass is 282 g/mol. The van der Waals surface area contributed by atoms with E-state index < -0.39 is 5.41 Å². The predicted octanol–water partition coefficient (Wildman–Crippen LogP) is 3.04. The van der Waals surface area contributed by atoms with Crippen LogP contribution in [-0.4, -0.2) is 10.9 Å². The Morgan fingerprint density at radius 1 is 1.50 bits per heavy atom. The van der Waals surface area contributed by atoms with Gasteiger partial charge in [-0.1, -0.05) is 36.3 Å². The van der Waals surface area contributed by atoms with Gasteiger partial charge in [0.25, 0.3) is 0 Å². The lowest BCUT2D eigenvalue weighted by atomic mass is 9.68. The van der Waals surface area contributed by atoms with Crippen molar-refractivity contribution in [1.82, 2.24) is 0 Å². The summed E-state index contributed by atoms with van der Waals surface area (Å²) < 4.78 is 0. The molecule has 1 saturated carbocycles. The molecule has 1 aromatic rings. The molecule has 0 heterocycles.